The third-order valence-electron chi connectivity index (χ3n) is 5.71. The average Bonchev–Trinajstić information content (AvgIpc) is 3.21. The lowest BCUT2D eigenvalue weighted by Gasteiger charge is -2.36. The van der Waals surface area contributed by atoms with Crippen LogP contribution in [0.25, 0.3) is 11.3 Å². The highest BCUT2D eigenvalue weighted by Crippen LogP contribution is 2.24. The maximum absolute atomic E-state index is 13.1. The number of nitrogens with zero attached hydrogens (tertiary/aromatic N) is 3. The molecule has 2 heterocycles. The molecule has 0 saturated carbocycles. The standard InChI is InChI=1S/C25H31FN4O/c1-2-6-24-28-25(20-7-4-3-5-8-20)23(31-24)19-27-13-14-29-15-17-30(18-16-29)22-11-9-21(26)10-12-22/h3-5,7-12,27H,2,6,13-19H2,1H3. The van der Waals surface area contributed by atoms with Crippen molar-refractivity contribution in [2.24, 2.45) is 0 Å². The molecule has 1 aliphatic heterocycles. The van der Waals surface area contributed by atoms with E-state index in [-0.39, 0.29) is 5.82 Å². The summed E-state index contributed by atoms with van der Waals surface area (Å²) in [6.07, 6.45) is 1.88. The maximum atomic E-state index is 13.1. The van der Waals surface area contributed by atoms with E-state index in [0.29, 0.717) is 6.54 Å². The molecule has 4 rings (SSSR count). The van der Waals surface area contributed by atoms with E-state index in [2.05, 4.69) is 34.2 Å². The number of nitrogens with one attached hydrogen (secondary N) is 1. The van der Waals surface area contributed by atoms with Crippen LogP contribution in [-0.2, 0) is 13.0 Å². The van der Waals surface area contributed by atoms with Gasteiger partial charge in [0.05, 0.1) is 6.54 Å². The van der Waals surface area contributed by atoms with Gasteiger partial charge in [-0.1, -0.05) is 37.3 Å². The van der Waals surface area contributed by atoms with Crippen molar-refractivity contribution < 1.29 is 8.81 Å². The van der Waals surface area contributed by atoms with Gasteiger partial charge in [0.1, 0.15) is 17.3 Å². The molecule has 2 aromatic carbocycles. The summed E-state index contributed by atoms with van der Waals surface area (Å²) < 4.78 is 19.2. The van der Waals surface area contributed by atoms with E-state index in [0.717, 1.165) is 80.7 Å². The Bertz CT molecular complexity index is 934. The van der Waals surface area contributed by atoms with E-state index in [1.165, 1.54) is 12.1 Å². The summed E-state index contributed by atoms with van der Waals surface area (Å²) in [5.74, 6) is 1.54. The Hall–Kier alpha value is -2.70. The molecule has 164 valence electrons. The van der Waals surface area contributed by atoms with Crippen LogP contribution in [0, 0.1) is 5.82 Å². The number of aryl methyl sites for hydroxylation is 1. The zero-order valence-corrected chi connectivity index (χ0v) is 18.2. The summed E-state index contributed by atoms with van der Waals surface area (Å²) in [4.78, 5) is 9.52. The predicted octanol–water partition coefficient (Wildman–Crippen LogP) is 4.35. The first kappa shape index (κ1) is 21.5. The molecule has 1 N–H and O–H groups in total. The van der Waals surface area contributed by atoms with E-state index in [1.807, 2.05) is 30.3 Å². The predicted molar refractivity (Wildman–Crippen MR) is 123 cm³/mol. The molecule has 31 heavy (non-hydrogen) atoms. The van der Waals surface area contributed by atoms with Crippen LogP contribution < -0.4 is 10.2 Å². The van der Waals surface area contributed by atoms with Crippen LogP contribution in [0.2, 0.25) is 0 Å². The number of piperazine rings is 1. The van der Waals surface area contributed by atoms with Crippen LogP contribution in [0.5, 0.6) is 0 Å². The van der Waals surface area contributed by atoms with E-state index in [9.17, 15) is 4.39 Å². The molecule has 0 unspecified atom stereocenters. The highest BCUT2D eigenvalue weighted by atomic mass is 19.1. The minimum absolute atomic E-state index is 0.183. The van der Waals surface area contributed by atoms with Crippen molar-refractivity contribution in [1.29, 1.82) is 0 Å². The van der Waals surface area contributed by atoms with E-state index in [1.54, 1.807) is 0 Å². The Morgan fingerprint density at radius 2 is 1.74 bits per heavy atom. The second kappa shape index (κ2) is 10.6. The van der Waals surface area contributed by atoms with Crippen LogP contribution in [0.4, 0.5) is 10.1 Å². The SMILES string of the molecule is CCCc1nc(-c2ccccc2)c(CNCCN2CCN(c3ccc(F)cc3)CC2)o1. The minimum atomic E-state index is -0.183. The van der Waals surface area contributed by atoms with Gasteiger partial charge in [-0.2, -0.15) is 0 Å². The summed E-state index contributed by atoms with van der Waals surface area (Å²) in [5.41, 5.74) is 3.15. The van der Waals surface area contributed by atoms with Gasteiger partial charge in [0.15, 0.2) is 5.89 Å². The fraction of sp³-hybridized carbons (Fsp3) is 0.400. The Labute approximate surface area is 183 Å². The highest BCUT2D eigenvalue weighted by molar-refractivity contribution is 5.61. The molecule has 5 nitrogen and oxygen atoms in total. The summed E-state index contributed by atoms with van der Waals surface area (Å²) in [5, 5.41) is 3.53. The number of oxazole rings is 1. The molecule has 3 aromatic rings. The topological polar surface area (TPSA) is 44.5 Å². The normalized spacial score (nSPS) is 14.8. The fourth-order valence-corrected chi connectivity index (χ4v) is 3.98. The van der Waals surface area contributed by atoms with Crippen LogP contribution in [0.3, 0.4) is 0 Å². The molecule has 0 bridgehead atoms. The second-order valence-electron chi connectivity index (χ2n) is 7.98. The maximum Gasteiger partial charge on any atom is 0.195 e. The number of hydrogen-bond donors (Lipinski definition) is 1. The lowest BCUT2D eigenvalue weighted by molar-refractivity contribution is 0.256. The largest absolute Gasteiger partial charge is 0.444 e. The van der Waals surface area contributed by atoms with E-state index in [4.69, 9.17) is 9.40 Å². The first-order chi connectivity index (χ1) is 15.2. The van der Waals surface area contributed by atoms with Crippen molar-refractivity contribution in [2.45, 2.75) is 26.3 Å². The average molecular weight is 423 g/mol. The summed E-state index contributed by atoms with van der Waals surface area (Å²) in [6.45, 7) is 8.66. The first-order valence-corrected chi connectivity index (χ1v) is 11.2. The molecule has 0 radical (unpaired) electrons. The summed E-state index contributed by atoms with van der Waals surface area (Å²) >= 11 is 0. The van der Waals surface area contributed by atoms with Crippen molar-refractivity contribution in [1.82, 2.24) is 15.2 Å². The Balaban J connectivity index is 1.25. The third kappa shape index (κ3) is 5.71. The van der Waals surface area contributed by atoms with E-state index < -0.39 is 0 Å². The van der Waals surface area contributed by atoms with Crippen LogP contribution in [0.15, 0.2) is 59.0 Å². The molecule has 1 fully saturated rings. The van der Waals surface area contributed by atoms with Gasteiger partial charge < -0.3 is 14.6 Å². The quantitative estimate of drug-likeness (QED) is 0.520. The summed E-state index contributed by atoms with van der Waals surface area (Å²) in [6, 6.07) is 17.0. The zero-order valence-electron chi connectivity index (χ0n) is 18.2. The highest BCUT2D eigenvalue weighted by Gasteiger charge is 2.18. The van der Waals surface area contributed by atoms with Gasteiger partial charge in [-0.3, -0.25) is 4.90 Å². The van der Waals surface area contributed by atoms with Gasteiger partial charge in [0, 0.05) is 56.9 Å². The van der Waals surface area contributed by atoms with Gasteiger partial charge in [-0.05, 0) is 30.7 Å². The molecule has 0 aliphatic carbocycles. The van der Waals surface area contributed by atoms with Crippen LogP contribution in [0.1, 0.15) is 25.0 Å². The Morgan fingerprint density at radius 1 is 1.00 bits per heavy atom. The van der Waals surface area contributed by atoms with Crippen LogP contribution >= 0.6 is 0 Å². The number of benzene rings is 2. The lowest BCUT2D eigenvalue weighted by Crippen LogP contribution is -2.48. The van der Waals surface area contributed by atoms with Crippen molar-refractivity contribution >= 4 is 5.69 Å². The number of anilines is 1. The minimum Gasteiger partial charge on any atom is -0.444 e. The molecule has 1 aliphatic rings. The van der Waals surface area contributed by atoms with Gasteiger partial charge in [-0.15, -0.1) is 0 Å². The molecule has 0 atom stereocenters. The molecular formula is C25H31FN4O. The smallest absolute Gasteiger partial charge is 0.195 e. The zero-order chi connectivity index (χ0) is 21.5. The van der Waals surface area contributed by atoms with Crippen molar-refractivity contribution in [3.8, 4) is 11.3 Å². The van der Waals surface area contributed by atoms with Gasteiger partial charge >= 0.3 is 0 Å². The van der Waals surface area contributed by atoms with Gasteiger partial charge in [0.25, 0.3) is 0 Å². The fourth-order valence-electron chi connectivity index (χ4n) is 3.98. The van der Waals surface area contributed by atoms with Crippen molar-refractivity contribution in [3.63, 3.8) is 0 Å². The number of aromatic nitrogens is 1. The Kier molecular flexibility index (Phi) is 7.33. The molecule has 1 saturated heterocycles. The number of rotatable bonds is 9. The second-order valence-corrected chi connectivity index (χ2v) is 7.98. The summed E-state index contributed by atoms with van der Waals surface area (Å²) in [7, 11) is 0. The molecule has 1 aromatic heterocycles. The van der Waals surface area contributed by atoms with Gasteiger partial charge in [0.2, 0.25) is 0 Å². The molecule has 6 heteroatoms. The van der Waals surface area contributed by atoms with Gasteiger partial charge in [-0.25, -0.2) is 9.37 Å². The van der Waals surface area contributed by atoms with Crippen LogP contribution in [-0.4, -0.2) is 49.2 Å². The lowest BCUT2D eigenvalue weighted by atomic mass is 10.1. The van der Waals surface area contributed by atoms with E-state index >= 15 is 0 Å². The molecule has 0 amide bonds. The first-order valence-electron chi connectivity index (χ1n) is 11.2. The Morgan fingerprint density at radius 3 is 2.45 bits per heavy atom. The molecular weight excluding hydrogens is 391 g/mol. The van der Waals surface area contributed by atoms with Crippen molar-refractivity contribution in [2.75, 3.05) is 44.2 Å². The number of hydrogen-bond acceptors (Lipinski definition) is 5. The third-order valence-corrected chi connectivity index (χ3v) is 5.71. The number of halogens is 1. The molecule has 0 spiro atoms. The monoisotopic (exact) mass is 422 g/mol. The van der Waals surface area contributed by atoms with Crippen molar-refractivity contribution in [3.05, 3.63) is 72.1 Å².